The Morgan fingerprint density at radius 3 is 2.65 bits per heavy atom. The van der Waals surface area contributed by atoms with Crippen molar-refractivity contribution in [1.29, 1.82) is 0 Å². The minimum absolute atomic E-state index is 0.682. The quantitative estimate of drug-likeness (QED) is 0.946. The lowest BCUT2D eigenvalue weighted by molar-refractivity contribution is 0.925. The van der Waals surface area contributed by atoms with Crippen LogP contribution >= 0.6 is 27.3 Å². The van der Waals surface area contributed by atoms with Gasteiger partial charge in [0.05, 0.1) is 16.6 Å². The van der Waals surface area contributed by atoms with Gasteiger partial charge in [-0.15, -0.1) is 11.3 Å². The van der Waals surface area contributed by atoms with Gasteiger partial charge in [-0.1, -0.05) is 0 Å². The molecule has 0 aliphatic carbocycles. The second kappa shape index (κ2) is 5.10. The summed E-state index contributed by atoms with van der Waals surface area (Å²) < 4.78 is 0.916. The molecule has 0 aliphatic heterocycles. The molecule has 6 heteroatoms. The van der Waals surface area contributed by atoms with Gasteiger partial charge >= 0.3 is 0 Å². The largest absolute Gasteiger partial charge is 0.372 e. The van der Waals surface area contributed by atoms with Gasteiger partial charge in [0.1, 0.15) is 16.6 Å². The molecule has 2 rings (SSSR count). The van der Waals surface area contributed by atoms with Crippen LogP contribution in [0.15, 0.2) is 9.85 Å². The first kappa shape index (κ1) is 12.4. The smallest absolute Gasteiger partial charge is 0.144 e. The van der Waals surface area contributed by atoms with Crippen LogP contribution < -0.4 is 5.32 Å². The van der Waals surface area contributed by atoms with E-state index in [1.54, 1.807) is 11.3 Å². The lowest BCUT2D eigenvalue weighted by Crippen LogP contribution is -2.04. The molecule has 4 nitrogen and oxygen atoms in total. The molecule has 0 spiro atoms. The molecule has 0 aliphatic rings. The SMILES string of the molecule is CNc1nc(Cc2nc(C)cs2)nc(C)c1Br. The van der Waals surface area contributed by atoms with E-state index < -0.39 is 0 Å². The predicted octanol–water partition coefficient (Wildman–Crippen LogP) is 2.94. The van der Waals surface area contributed by atoms with Gasteiger partial charge in [-0.05, 0) is 29.8 Å². The molecule has 0 aromatic carbocycles. The summed E-state index contributed by atoms with van der Waals surface area (Å²) in [6.07, 6.45) is 0.682. The molecule has 2 heterocycles. The fourth-order valence-electron chi connectivity index (χ4n) is 1.48. The zero-order chi connectivity index (χ0) is 12.4. The first-order valence-electron chi connectivity index (χ1n) is 5.22. The van der Waals surface area contributed by atoms with Crippen molar-refractivity contribution < 1.29 is 0 Å². The molecule has 17 heavy (non-hydrogen) atoms. The molecule has 0 unspecified atom stereocenters. The summed E-state index contributed by atoms with van der Waals surface area (Å²) in [7, 11) is 1.85. The van der Waals surface area contributed by atoms with E-state index in [1.807, 2.05) is 26.3 Å². The van der Waals surface area contributed by atoms with Crippen molar-refractivity contribution in [2.24, 2.45) is 0 Å². The van der Waals surface area contributed by atoms with Crippen LogP contribution in [0.25, 0.3) is 0 Å². The highest BCUT2D eigenvalue weighted by atomic mass is 79.9. The standard InChI is InChI=1S/C11H13BrN4S/c1-6-5-17-9(14-6)4-8-15-7(2)10(12)11(13-3)16-8/h5H,4H2,1-3H3,(H,13,15,16). The van der Waals surface area contributed by atoms with E-state index in [-0.39, 0.29) is 0 Å². The minimum atomic E-state index is 0.682. The second-order valence-electron chi connectivity index (χ2n) is 3.70. The molecular weight excluding hydrogens is 300 g/mol. The third-order valence-corrected chi connectivity index (χ3v) is 4.19. The number of aryl methyl sites for hydroxylation is 2. The summed E-state index contributed by atoms with van der Waals surface area (Å²) in [6, 6.07) is 0. The topological polar surface area (TPSA) is 50.7 Å². The van der Waals surface area contributed by atoms with Crippen molar-refractivity contribution in [1.82, 2.24) is 15.0 Å². The minimum Gasteiger partial charge on any atom is -0.372 e. The maximum Gasteiger partial charge on any atom is 0.144 e. The number of aromatic nitrogens is 3. The molecule has 0 atom stereocenters. The van der Waals surface area contributed by atoms with Gasteiger partial charge in [0.25, 0.3) is 0 Å². The summed E-state index contributed by atoms with van der Waals surface area (Å²) in [4.78, 5) is 13.3. The summed E-state index contributed by atoms with van der Waals surface area (Å²) in [6.45, 7) is 3.95. The van der Waals surface area contributed by atoms with Gasteiger partial charge in [-0.3, -0.25) is 0 Å². The van der Waals surface area contributed by atoms with Crippen LogP contribution in [0.2, 0.25) is 0 Å². The number of halogens is 1. The molecule has 0 radical (unpaired) electrons. The monoisotopic (exact) mass is 312 g/mol. The lowest BCUT2D eigenvalue weighted by Gasteiger charge is -2.07. The normalized spacial score (nSPS) is 10.6. The Hall–Kier alpha value is -1.01. The van der Waals surface area contributed by atoms with Gasteiger partial charge in [0.15, 0.2) is 0 Å². The van der Waals surface area contributed by atoms with Crippen LogP contribution in [0.5, 0.6) is 0 Å². The van der Waals surface area contributed by atoms with E-state index in [0.717, 1.165) is 32.5 Å². The molecule has 0 fully saturated rings. The van der Waals surface area contributed by atoms with Crippen molar-refractivity contribution in [3.05, 3.63) is 32.1 Å². The molecule has 0 saturated heterocycles. The highest BCUT2D eigenvalue weighted by molar-refractivity contribution is 9.10. The number of rotatable bonds is 3. The van der Waals surface area contributed by atoms with E-state index in [0.29, 0.717) is 6.42 Å². The predicted molar refractivity (Wildman–Crippen MR) is 73.7 cm³/mol. The number of nitrogens with zero attached hydrogens (tertiary/aromatic N) is 3. The molecule has 0 bridgehead atoms. The molecule has 1 N–H and O–H groups in total. The number of thiazole rings is 1. The van der Waals surface area contributed by atoms with Gasteiger partial charge in [-0.2, -0.15) is 0 Å². The lowest BCUT2D eigenvalue weighted by atomic mass is 10.3. The third kappa shape index (κ3) is 2.81. The van der Waals surface area contributed by atoms with E-state index in [9.17, 15) is 0 Å². The van der Waals surface area contributed by atoms with Crippen LogP contribution in [-0.2, 0) is 6.42 Å². The van der Waals surface area contributed by atoms with Crippen LogP contribution in [0, 0.1) is 13.8 Å². The van der Waals surface area contributed by atoms with Crippen molar-refractivity contribution in [3.8, 4) is 0 Å². The maximum absolute atomic E-state index is 4.45. The zero-order valence-electron chi connectivity index (χ0n) is 9.91. The van der Waals surface area contributed by atoms with Gasteiger partial charge in [0, 0.05) is 18.1 Å². The van der Waals surface area contributed by atoms with E-state index >= 15 is 0 Å². The number of nitrogens with one attached hydrogen (secondary N) is 1. The number of anilines is 1. The van der Waals surface area contributed by atoms with E-state index in [1.165, 1.54) is 0 Å². The second-order valence-corrected chi connectivity index (χ2v) is 5.43. The third-order valence-electron chi connectivity index (χ3n) is 2.28. The Morgan fingerprint density at radius 1 is 1.29 bits per heavy atom. The Morgan fingerprint density at radius 2 is 2.06 bits per heavy atom. The molecule has 0 saturated carbocycles. The first-order valence-corrected chi connectivity index (χ1v) is 6.89. The summed E-state index contributed by atoms with van der Waals surface area (Å²) >= 11 is 5.11. The highest BCUT2D eigenvalue weighted by Crippen LogP contribution is 2.23. The summed E-state index contributed by atoms with van der Waals surface area (Å²) in [5.74, 6) is 1.62. The molecule has 90 valence electrons. The summed E-state index contributed by atoms with van der Waals surface area (Å²) in [5.41, 5.74) is 1.99. The molecule has 2 aromatic heterocycles. The Labute approximate surface area is 113 Å². The average Bonchev–Trinajstić information content (AvgIpc) is 2.69. The van der Waals surface area contributed by atoms with Crippen LogP contribution in [0.4, 0.5) is 5.82 Å². The van der Waals surface area contributed by atoms with Crippen molar-refractivity contribution in [3.63, 3.8) is 0 Å². The Kier molecular flexibility index (Phi) is 3.73. The van der Waals surface area contributed by atoms with Crippen LogP contribution in [0.1, 0.15) is 22.2 Å². The van der Waals surface area contributed by atoms with E-state index in [4.69, 9.17) is 0 Å². The molecular formula is C11H13BrN4S. The number of hydrogen-bond donors (Lipinski definition) is 1. The Bertz CT molecular complexity index is 538. The van der Waals surface area contributed by atoms with Crippen molar-refractivity contribution >= 4 is 33.1 Å². The van der Waals surface area contributed by atoms with Crippen molar-refractivity contribution in [2.75, 3.05) is 12.4 Å². The van der Waals surface area contributed by atoms with Gasteiger partial charge in [-0.25, -0.2) is 15.0 Å². The molecule has 2 aromatic rings. The van der Waals surface area contributed by atoms with Gasteiger partial charge in [0.2, 0.25) is 0 Å². The van der Waals surface area contributed by atoms with E-state index in [2.05, 4.69) is 36.2 Å². The zero-order valence-corrected chi connectivity index (χ0v) is 12.3. The highest BCUT2D eigenvalue weighted by Gasteiger charge is 2.10. The van der Waals surface area contributed by atoms with Crippen LogP contribution in [0.3, 0.4) is 0 Å². The number of hydrogen-bond acceptors (Lipinski definition) is 5. The fraction of sp³-hybridized carbons (Fsp3) is 0.364. The van der Waals surface area contributed by atoms with Crippen LogP contribution in [-0.4, -0.2) is 22.0 Å². The Balaban J connectivity index is 2.30. The maximum atomic E-state index is 4.45. The van der Waals surface area contributed by atoms with Crippen molar-refractivity contribution in [2.45, 2.75) is 20.3 Å². The average molecular weight is 313 g/mol. The van der Waals surface area contributed by atoms with Gasteiger partial charge < -0.3 is 5.32 Å². The molecule has 0 amide bonds. The fourth-order valence-corrected chi connectivity index (χ4v) is 2.63. The summed E-state index contributed by atoms with van der Waals surface area (Å²) in [5, 5.41) is 6.14. The first-order chi connectivity index (χ1) is 8.10.